The van der Waals surface area contributed by atoms with Crippen LogP contribution in [0.5, 0.6) is 11.5 Å². The van der Waals surface area contributed by atoms with E-state index >= 15 is 0 Å². The van der Waals surface area contributed by atoms with Gasteiger partial charge in [-0.15, -0.1) is 11.3 Å². The first-order valence-electron chi connectivity index (χ1n) is 8.78. The number of carbonyl (C=O) groups excluding carboxylic acids is 2. The predicted molar refractivity (Wildman–Crippen MR) is 108 cm³/mol. The Labute approximate surface area is 163 Å². The van der Waals surface area contributed by atoms with E-state index in [1.54, 1.807) is 14.2 Å². The summed E-state index contributed by atoms with van der Waals surface area (Å²) in [6, 6.07) is 5.92. The first kappa shape index (κ1) is 20.8. The fourth-order valence-corrected chi connectivity index (χ4v) is 4.21. The highest BCUT2D eigenvalue weighted by molar-refractivity contribution is 7.16. The van der Waals surface area contributed by atoms with E-state index in [0.717, 1.165) is 41.9 Å². The van der Waals surface area contributed by atoms with Crippen LogP contribution in [0.3, 0.4) is 0 Å². The SMILES string of the molecule is COc1ccc(CCCCc2c(C)sc(NC(C)=O)c2C(N)=O)cc1OC. The molecule has 0 aliphatic rings. The normalized spacial score (nSPS) is 10.5. The standard InChI is InChI=1S/C20H26N2O4S/c1-12-15(18(19(21)24)20(27-12)22-13(2)23)8-6-5-7-14-9-10-16(25-3)17(11-14)26-4/h9-11H,5-8H2,1-4H3,(H2,21,24)(H,22,23). The molecule has 0 saturated heterocycles. The number of amides is 2. The molecule has 0 fully saturated rings. The van der Waals surface area contributed by atoms with E-state index in [0.29, 0.717) is 16.3 Å². The summed E-state index contributed by atoms with van der Waals surface area (Å²) in [4.78, 5) is 24.2. The third-order valence-electron chi connectivity index (χ3n) is 4.34. The fraction of sp³-hybridized carbons (Fsp3) is 0.400. The van der Waals surface area contributed by atoms with Crippen LogP contribution in [-0.2, 0) is 17.6 Å². The van der Waals surface area contributed by atoms with Crippen molar-refractivity contribution in [3.8, 4) is 11.5 Å². The summed E-state index contributed by atoms with van der Waals surface area (Å²) in [7, 11) is 3.24. The molecule has 7 heteroatoms. The second-order valence-electron chi connectivity index (χ2n) is 6.28. The highest BCUT2D eigenvalue weighted by Gasteiger charge is 2.20. The average Bonchev–Trinajstić information content (AvgIpc) is 2.92. The van der Waals surface area contributed by atoms with E-state index in [1.807, 2.05) is 25.1 Å². The molecule has 0 bridgehead atoms. The Morgan fingerprint density at radius 2 is 1.78 bits per heavy atom. The summed E-state index contributed by atoms with van der Waals surface area (Å²) < 4.78 is 10.6. The Balaban J connectivity index is 2.02. The molecule has 0 saturated carbocycles. The lowest BCUT2D eigenvalue weighted by atomic mass is 10.0. The molecule has 1 aromatic carbocycles. The molecular formula is C20H26N2O4S. The van der Waals surface area contributed by atoms with Gasteiger partial charge in [0.15, 0.2) is 11.5 Å². The molecule has 0 atom stereocenters. The lowest BCUT2D eigenvalue weighted by molar-refractivity contribution is -0.114. The molecule has 3 N–H and O–H groups in total. The molecule has 2 aromatic rings. The van der Waals surface area contributed by atoms with Crippen molar-refractivity contribution in [1.29, 1.82) is 0 Å². The molecule has 1 heterocycles. The van der Waals surface area contributed by atoms with Crippen LogP contribution in [0.2, 0.25) is 0 Å². The molecule has 0 radical (unpaired) electrons. The van der Waals surface area contributed by atoms with Gasteiger partial charge in [-0.1, -0.05) is 6.07 Å². The third kappa shape index (κ3) is 5.23. The van der Waals surface area contributed by atoms with Crippen molar-refractivity contribution in [2.75, 3.05) is 19.5 Å². The highest BCUT2D eigenvalue weighted by atomic mass is 32.1. The summed E-state index contributed by atoms with van der Waals surface area (Å²) in [5, 5.41) is 3.25. The smallest absolute Gasteiger partial charge is 0.251 e. The van der Waals surface area contributed by atoms with Crippen LogP contribution in [-0.4, -0.2) is 26.0 Å². The first-order chi connectivity index (χ1) is 12.9. The lowest BCUT2D eigenvalue weighted by Crippen LogP contribution is -2.16. The molecule has 0 unspecified atom stereocenters. The maximum atomic E-state index is 11.9. The minimum Gasteiger partial charge on any atom is -0.493 e. The second-order valence-corrected chi connectivity index (χ2v) is 7.51. The maximum absolute atomic E-state index is 11.9. The van der Waals surface area contributed by atoms with Crippen LogP contribution in [0.1, 0.15) is 46.1 Å². The van der Waals surface area contributed by atoms with Crippen molar-refractivity contribution in [3.63, 3.8) is 0 Å². The number of carbonyl (C=O) groups is 2. The summed E-state index contributed by atoms with van der Waals surface area (Å²) in [6.45, 7) is 3.37. The van der Waals surface area contributed by atoms with Gasteiger partial charge in [0.1, 0.15) is 5.00 Å². The summed E-state index contributed by atoms with van der Waals surface area (Å²) in [5.74, 6) is 0.725. The number of unbranched alkanes of at least 4 members (excludes halogenated alkanes) is 1. The number of nitrogens with one attached hydrogen (secondary N) is 1. The molecule has 0 aliphatic carbocycles. The van der Waals surface area contributed by atoms with E-state index in [9.17, 15) is 9.59 Å². The van der Waals surface area contributed by atoms with Gasteiger partial charge in [0.05, 0.1) is 19.8 Å². The zero-order chi connectivity index (χ0) is 20.0. The summed E-state index contributed by atoms with van der Waals surface area (Å²) >= 11 is 1.40. The number of hydrogen-bond acceptors (Lipinski definition) is 5. The fourth-order valence-electron chi connectivity index (χ4n) is 3.06. The topological polar surface area (TPSA) is 90.6 Å². The number of rotatable bonds is 9. The Bertz CT molecular complexity index is 830. The molecular weight excluding hydrogens is 364 g/mol. The van der Waals surface area contributed by atoms with E-state index < -0.39 is 5.91 Å². The van der Waals surface area contributed by atoms with Gasteiger partial charge < -0.3 is 20.5 Å². The van der Waals surface area contributed by atoms with E-state index in [4.69, 9.17) is 15.2 Å². The number of hydrogen-bond donors (Lipinski definition) is 2. The van der Waals surface area contributed by atoms with Gasteiger partial charge in [0, 0.05) is 11.8 Å². The van der Waals surface area contributed by atoms with Crippen LogP contribution in [0, 0.1) is 6.92 Å². The molecule has 2 rings (SSSR count). The Hall–Kier alpha value is -2.54. The minimum atomic E-state index is -0.502. The monoisotopic (exact) mass is 390 g/mol. The van der Waals surface area contributed by atoms with Gasteiger partial charge >= 0.3 is 0 Å². The van der Waals surface area contributed by atoms with Gasteiger partial charge in [0.25, 0.3) is 5.91 Å². The molecule has 1 aromatic heterocycles. The molecule has 27 heavy (non-hydrogen) atoms. The van der Waals surface area contributed by atoms with Crippen LogP contribution < -0.4 is 20.5 Å². The predicted octanol–water partition coefficient (Wildman–Crippen LogP) is 3.70. The van der Waals surface area contributed by atoms with Gasteiger partial charge in [-0.3, -0.25) is 9.59 Å². The number of methoxy groups -OCH3 is 2. The molecule has 146 valence electrons. The summed E-state index contributed by atoms with van der Waals surface area (Å²) in [6.07, 6.45) is 3.51. The van der Waals surface area contributed by atoms with Gasteiger partial charge in [-0.25, -0.2) is 0 Å². The number of primary amides is 1. The number of ether oxygens (including phenoxy) is 2. The van der Waals surface area contributed by atoms with Crippen LogP contribution in [0.4, 0.5) is 5.00 Å². The quantitative estimate of drug-likeness (QED) is 0.639. The molecule has 6 nitrogen and oxygen atoms in total. The van der Waals surface area contributed by atoms with Crippen molar-refractivity contribution in [2.24, 2.45) is 5.73 Å². The molecule has 0 aliphatic heterocycles. The number of aryl methyl sites for hydroxylation is 2. The third-order valence-corrected chi connectivity index (χ3v) is 5.40. The molecule has 0 spiro atoms. The van der Waals surface area contributed by atoms with E-state index in [2.05, 4.69) is 5.32 Å². The number of anilines is 1. The maximum Gasteiger partial charge on any atom is 0.251 e. The van der Waals surface area contributed by atoms with Gasteiger partial charge in [0.2, 0.25) is 5.91 Å². The lowest BCUT2D eigenvalue weighted by Gasteiger charge is -2.10. The number of benzene rings is 1. The largest absolute Gasteiger partial charge is 0.493 e. The zero-order valence-corrected chi connectivity index (χ0v) is 17.0. The molecule has 2 amide bonds. The van der Waals surface area contributed by atoms with Gasteiger partial charge in [-0.2, -0.15) is 0 Å². The van der Waals surface area contributed by atoms with Crippen LogP contribution >= 0.6 is 11.3 Å². The summed E-state index contributed by atoms with van der Waals surface area (Å²) in [5.41, 5.74) is 8.10. The van der Waals surface area contributed by atoms with Crippen molar-refractivity contribution >= 4 is 28.2 Å². The second kappa shape index (κ2) is 9.41. The van der Waals surface area contributed by atoms with Crippen molar-refractivity contribution in [1.82, 2.24) is 0 Å². The number of nitrogens with two attached hydrogens (primary N) is 1. The van der Waals surface area contributed by atoms with E-state index in [-0.39, 0.29) is 5.91 Å². The van der Waals surface area contributed by atoms with Crippen molar-refractivity contribution < 1.29 is 19.1 Å². The Morgan fingerprint density at radius 3 is 2.37 bits per heavy atom. The Morgan fingerprint density at radius 1 is 1.11 bits per heavy atom. The van der Waals surface area contributed by atoms with Crippen molar-refractivity contribution in [2.45, 2.75) is 39.5 Å². The van der Waals surface area contributed by atoms with Gasteiger partial charge in [-0.05, 0) is 55.9 Å². The van der Waals surface area contributed by atoms with Crippen molar-refractivity contribution in [3.05, 3.63) is 39.8 Å². The van der Waals surface area contributed by atoms with E-state index in [1.165, 1.54) is 23.8 Å². The van der Waals surface area contributed by atoms with Crippen LogP contribution in [0.25, 0.3) is 0 Å². The average molecular weight is 391 g/mol. The zero-order valence-electron chi connectivity index (χ0n) is 16.2. The highest BCUT2D eigenvalue weighted by Crippen LogP contribution is 2.34. The van der Waals surface area contributed by atoms with Crippen LogP contribution in [0.15, 0.2) is 18.2 Å². The minimum absolute atomic E-state index is 0.209. The Kier molecular flexibility index (Phi) is 7.24. The first-order valence-corrected chi connectivity index (χ1v) is 9.59. The number of thiophene rings is 1.